The lowest BCUT2D eigenvalue weighted by Crippen LogP contribution is -2.59. The third-order valence-electron chi connectivity index (χ3n) is 3.80. The van der Waals surface area contributed by atoms with Crippen LogP contribution in [-0.2, 0) is 0 Å². The first-order chi connectivity index (χ1) is 10.0. The van der Waals surface area contributed by atoms with E-state index in [1.807, 2.05) is 24.3 Å². The van der Waals surface area contributed by atoms with Crippen LogP contribution in [-0.4, -0.2) is 33.6 Å². The summed E-state index contributed by atoms with van der Waals surface area (Å²) >= 11 is 0. The van der Waals surface area contributed by atoms with Crippen molar-refractivity contribution in [2.75, 3.05) is 4.23 Å². The average Bonchev–Trinajstić information content (AvgIpc) is 2.35. The van der Waals surface area contributed by atoms with Crippen LogP contribution in [0, 0.1) is 0 Å². The van der Waals surface area contributed by atoms with Gasteiger partial charge in [0, 0.05) is 11.1 Å². The molecule has 2 N–H and O–H groups in total. The average molecular weight is 331 g/mol. The van der Waals surface area contributed by atoms with E-state index in [9.17, 15) is 10.0 Å². The number of hydrogen-bond donors (Lipinski definition) is 2. The molecule has 0 radical (unpaired) electrons. The molecule has 0 heterocycles. The summed E-state index contributed by atoms with van der Waals surface area (Å²) in [6.07, 6.45) is 0. The zero-order valence-corrected chi connectivity index (χ0v) is 16.4. The lowest BCUT2D eigenvalue weighted by atomic mass is 9.77. The van der Waals surface area contributed by atoms with Crippen LogP contribution in [0.25, 0.3) is 10.8 Å². The summed E-state index contributed by atoms with van der Waals surface area (Å²) in [5, 5.41) is 21.3. The van der Waals surface area contributed by atoms with Gasteiger partial charge in [0.05, 0.1) is 0 Å². The Labute approximate surface area is 135 Å². The lowest BCUT2D eigenvalue weighted by molar-refractivity contribution is 0.426. The Balaban J connectivity index is 2.78. The van der Waals surface area contributed by atoms with Gasteiger partial charge in [0.15, 0.2) is 0 Å². The van der Waals surface area contributed by atoms with Crippen molar-refractivity contribution >= 4 is 45.5 Å². The molecule has 118 valence electrons. The number of benzene rings is 2. The van der Waals surface area contributed by atoms with Crippen LogP contribution in [0.2, 0.25) is 39.3 Å². The SMILES string of the molecule is C[Si](C)(C)N(c1ccc(B(O)O)c2ccccc12)[Si](C)(C)C. The van der Waals surface area contributed by atoms with E-state index < -0.39 is 23.6 Å². The molecule has 0 atom stereocenters. The normalized spacial score (nSPS) is 12.5. The molecule has 0 aromatic heterocycles. The van der Waals surface area contributed by atoms with Crippen molar-refractivity contribution in [3.8, 4) is 0 Å². The Morgan fingerprint density at radius 2 is 1.27 bits per heavy atom. The Bertz CT molecular complexity index is 664. The fraction of sp³-hybridized carbons (Fsp3) is 0.375. The summed E-state index contributed by atoms with van der Waals surface area (Å²) in [6.45, 7) is 14.2. The maximum atomic E-state index is 9.63. The highest BCUT2D eigenvalue weighted by Crippen LogP contribution is 2.33. The second-order valence-corrected chi connectivity index (χ2v) is 17.8. The van der Waals surface area contributed by atoms with Gasteiger partial charge >= 0.3 is 7.12 Å². The molecule has 0 saturated heterocycles. The van der Waals surface area contributed by atoms with E-state index in [2.05, 4.69) is 55.6 Å². The maximum Gasteiger partial charge on any atom is 0.489 e. The van der Waals surface area contributed by atoms with Gasteiger partial charge in [-0.15, -0.1) is 0 Å². The van der Waals surface area contributed by atoms with Crippen molar-refractivity contribution in [3.63, 3.8) is 0 Å². The minimum atomic E-state index is -1.55. The molecule has 0 aliphatic heterocycles. The Hall–Kier alpha value is -1.08. The monoisotopic (exact) mass is 331 g/mol. The van der Waals surface area contributed by atoms with Crippen LogP contribution in [0.15, 0.2) is 36.4 Å². The molecule has 0 aliphatic carbocycles. The molecule has 0 spiro atoms. The Morgan fingerprint density at radius 1 is 0.773 bits per heavy atom. The predicted octanol–water partition coefficient (Wildman–Crippen LogP) is 3.00. The van der Waals surface area contributed by atoms with Gasteiger partial charge in [-0.1, -0.05) is 69.6 Å². The minimum absolute atomic E-state index is 0.574. The van der Waals surface area contributed by atoms with Crippen molar-refractivity contribution in [2.45, 2.75) is 39.3 Å². The molecule has 0 fully saturated rings. The first-order valence-corrected chi connectivity index (χ1v) is 14.6. The molecule has 22 heavy (non-hydrogen) atoms. The fourth-order valence-corrected chi connectivity index (χ4v) is 13.3. The van der Waals surface area contributed by atoms with Gasteiger partial charge in [-0.25, -0.2) is 0 Å². The zero-order chi connectivity index (χ0) is 16.7. The van der Waals surface area contributed by atoms with Gasteiger partial charge in [0.2, 0.25) is 0 Å². The third-order valence-corrected chi connectivity index (χ3v) is 11.0. The summed E-state index contributed by atoms with van der Waals surface area (Å²) in [7, 11) is -4.55. The van der Waals surface area contributed by atoms with Crippen molar-refractivity contribution in [2.24, 2.45) is 0 Å². The molecular weight excluding hydrogens is 305 g/mol. The Kier molecular flexibility index (Phi) is 4.59. The molecule has 2 rings (SSSR count). The molecule has 2 aromatic rings. The van der Waals surface area contributed by atoms with Crippen molar-refractivity contribution in [1.29, 1.82) is 0 Å². The zero-order valence-electron chi connectivity index (χ0n) is 14.4. The van der Waals surface area contributed by atoms with Gasteiger partial charge in [-0.3, -0.25) is 0 Å². The quantitative estimate of drug-likeness (QED) is 0.847. The van der Waals surface area contributed by atoms with E-state index in [0.29, 0.717) is 5.46 Å². The summed E-state index contributed by atoms with van der Waals surface area (Å²) in [5.41, 5.74) is 1.81. The molecule has 0 bridgehead atoms. The van der Waals surface area contributed by atoms with E-state index in [0.717, 1.165) is 10.8 Å². The van der Waals surface area contributed by atoms with Crippen LogP contribution in [0.5, 0.6) is 0 Å². The molecule has 0 saturated carbocycles. The number of fused-ring (bicyclic) bond motifs is 1. The summed E-state index contributed by atoms with van der Waals surface area (Å²) in [5.74, 6) is 0. The van der Waals surface area contributed by atoms with E-state index in [1.54, 1.807) is 0 Å². The number of anilines is 1. The van der Waals surface area contributed by atoms with E-state index >= 15 is 0 Å². The van der Waals surface area contributed by atoms with E-state index in [1.165, 1.54) is 5.69 Å². The largest absolute Gasteiger partial charge is 0.489 e. The lowest BCUT2D eigenvalue weighted by Gasteiger charge is -2.46. The number of rotatable bonds is 4. The second kappa shape index (κ2) is 5.85. The minimum Gasteiger partial charge on any atom is -0.424 e. The van der Waals surface area contributed by atoms with E-state index in [-0.39, 0.29) is 0 Å². The van der Waals surface area contributed by atoms with Crippen LogP contribution in [0.1, 0.15) is 0 Å². The molecule has 3 nitrogen and oxygen atoms in total. The summed E-state index contributed by atoms with van der Waals surface area (Å²) in [4.78, 5) is 0. The second-order valence-electron chi connectivity index (χ2n) is 7.77. The van der Waals surface area contributed by atoms with Gasteiger partial charge in [-0.2, -0.15) is 0 Å². The Morgan fingerprint density at radius 3 is 1.73 bits per heavy atom. The summed E-state index contributed by atoms with van der Waals surface area (Å²) in [6, 6.07) is 11.9. The van der Waals surface area contributed by atoms with Crippen LogP contribution in [0.4, 0.5) is 5.69 Å². The van der Waals surface area contributed by atoms with Crippen LogP contribution >= 0.6 is 0 Å². The van der Waals surface area contributed by atoms with Crippen molar-refractivity contribution < 1.29 is 10.0 Å². The standard InChI is InChI=1S/C16H26BNO2Si2/c1-21(2,3)18(22(4,5)6)16-12-11-15(17(19)20)13-9-7-8-10-14(13)16/h7-12,19-20H,1-6H3. The smallest absolute Gasteiger partial charge is 0.424 e. The molecular formula is C16H26BNO2Si2. The molecule has 6 heteroatoms. The molecule has 0 amide bonds. The summed E-state index contributed by atoms with van der Waals surface area (Å²) < 4.78 is 2.66. The van der Waals surface area contributed by atoms with Crippen LogP contribution in [0.3, 0.4) is 0 Å². The van der Waals surface area contributed by atoms with Gasteiger partial charge < -0.3 is 14.3 Å². The topological polar surface area (TPSA) is 43.7 Å². The highest BCUT2D eigenvalue weighted by molar-refractivity contribution is 6.99. The predicted molar refractivity (Wildman–Crippen MR) is 103 cm³/mol. The van der Waals surface area contributed by atoms with Crippen molar-refractivity contribution in [3.05, 3.63) is 36.4 Å². The molecule has 2 aromatic carbocycles. The first-order valence-electron chi connectivity index (χ1n) is 7.71. The van der Waals surface area contributed by atoms with Gasteiger partial charge in [0.1, 0.15) is 16.5 Å². The highest BCUT2D eigenvalue weighted by Gasteiger charge is 2.35. The number of nitrogens with zero attached hydrogens (tertiary/aromatic N) is 1. The fourth-order valence-electron chi connectivity index (χ4n) is 3.46. The molecule has 0 aliphatic rings. The van der Waals surface area contributed by atoms with Crippen molar-refractivity contribution in [1.82, 2.24) is 0 Å². The van der Waals surface area contributed by atoms with Crippen LogP contribution < -0.4 is 9.69 Å². The highest BCUT2D eigenvalue weighted by atomic mass is 28.4. The van der Waals surface area contributed by atoms with E-state index in [4.69, 9.17) is 0 Å². The molecule has 0 unspecified atom stereocenters. The maximum absolute atomic E-state index is 9.63. The number of hydrogen-bond acceptors (Lipinski definition) is 3. The van der Waals surface area contributed by atoms with Gasteiger partial charge in [0.25, 0.3) is 0 Å². The first kappa shape index (κ1) is 17.3. The third kappa shape index (κ3) is 3.30. The van der Waals surface area contributed by atoms with Gasteiger partial charge in [-0.05, 0) is 16.9 Å².